The predicted molar refractivity (Wildman–Crippen MR) is 147 cm³/mol. The topological polar surface area (TPSA) is 86.8 Å². The highest BCUT2D eigenvalue weighted by atomic mass is 32.2. The molecule has 0 aliphatic heterocycles. The quantitative estimate of drug-likeness (QED) is 0.303. The molecule has 0 fully saturated rings. The maximum absolute atomic E-state index is 13.8. The maximum Gasteiger partial charge on any atom is 0.416 e. The van der Waals surface area contributed by atoms with E-state index in [1.807, 2.05) is 6.92 Å². The number of nitrogens with one attached hydrogen (secondary N) is 1. The van der Waals surface area contributed by atoms with Crippen LogP contribution in [0.3, 0.4) is 0 Å². The van der Waals surface area contributed by atoms with Gasteiger partial charge in [-0.2, -0.15) is 13.2 Å². The highest BCUT2D eigenvalue weighted by Gasteiger charge is 2.35. The average Bonchev–Trinajstić information content (AvgIpc) is 2.95. The Bertz CT molecular complexity index is 1450. The molecule has 2 amide bonds. The van der Waals surface area contributed by atoms with E-state index < -0.39 is 52.0 Å². The SMILES string of the molecule is CC[C@@H](C)NC(=O)[C@H](C)N(Cc1ccc(F)cc1)C(=O)CN(c1cccc(C(F)(F)F)c1)S(=O)(=O)c1ccccc1. The van der Waals surface area contributed by atoms with Crippen LogP contribution in [0.1, 0.15) is 38.3 Å². The fraction of sp³-hybridized carbons (Fsp3) is 0.310. The first kappa shape index (κ1) is 31.6. The zero-order valence-electron chi connectivity index (χ0n) is 22.7. The van der Waals surface area contributed by atoms with Crippen LogP contribution >= 0.6 is 0 Å². The molecular weight excluding hydrogens is 562 g/mol. The summed E-state index contributed by atoms with van der Waals surface area (Å²) in [5, 5.41) is 2.78. The van der Waals surface area contributed by atoms with Gasteiger partial charge in [-0.3, -0.25) is 13.9 Å². The number of benzene rings is 3. The minimum Gasteiger partial charge on any atom is -0.352 e. The third kappa shape index (κ3) is 8.06. The van der Waals surface area contributed by atoms with Crippen LogP contribution in [0.15, 0.2) is 83.8 Å². The lowest BCUT2D eigenvalue weighted by molar-refractivity contribution is -0.139. The van der Waals surface area contributed by atoms with Crippen molar-refractivity contribution < 1.29 is 35.6 Å². The third-order valence-electron chi connectivity index (χ3n) is 6.51. The van der Waals surface area contributed by atoms with Gasteiger partial charge in [0, 0.05) is 12.6 Å². The number of hydrogen-bond donors (Lipinski definition) is 1. The number of amides is 2. The summed E-state index contributed by atoms with van der Waals surface area (Å²) in [6.07, 6.45) is -4.15. The molecule has 2 atom stereocenters. The lowest BCUT2D eigenvalue weighted by Crippen LogP contribution is -2.52. The van der Waals surface area contributed by atoms with Crippen molar-refractivity contribution >= 4 is 27.5 Å². The molecule has 0 aromatic heterocycles. The molecule has 7 nitrogen and oxygen atoms in total. The standard InChI is InChI=1S/C29H31F4N3O4S/c1-4-20(2)34-28(38)21(3)35(18-22-13-15-24(30)16-14-22)27(37)19-36(41(39,40)26-11-6-5-7-12-26)25-10-8-9-23(17-25)29(31,32)33/h5-17,20-21H,4,18-19H2,1-3H3,(H,34,38)/t20-,21+/m1/s1. The Morgan fingerprint density at radius 1 is 0.927 bits per heavy atom. The Morgan fingerprint density at radius 2 is 1.56 bits per heavy atom. The summed E-state index contributed by atoms with van der Waals surface area (Å²) < 4.78 is 82.1. The Hall–Kier alpha value is -3.93. The first-order valence-electron chi connectivity index (χ1n) is 12.8. The minimum atomic E-state index is -4.76. The molecule has 0 bridgehead atoms. The average molecular weight is 594 g/mol. The van der Waals surface area contributed by atoms with E-state index in [1.54, 1.807) is 13.0 Å². The van der Waals surface area contributed by atoms with Gasteiger partial charge < -0.3 is 10.2 Å². The zero-order chi connectivity index (χ0) is 30.4. The van der Waals surface area contributed by atoms with Crippen LogP contribution in [-0.2, 0) is 32.3 Å². The van der Waals surface area contributed by atoms with Crippen molar-refractivity contribution in [3.63, 3.8) is 0 Å². The monoisotopic (exact) mass is 593 g/mol. The van der Waals surface area contributed by atoms with Gasteiger partial charge >= 0.3 is 6.18 Å². The van der Waals surface area contributed by atoms with E-state index in [1.165, 1.54) is 55.5 Å². The predicted octanol–water partition coefficient (Wildman–Crippen LogP) is 5.37. The number of alkyl halides is 3. The highest BCUT2D eigenvalue weighted by Crippen LogP contribution is 2.33. The Kier molecular flexibility index (Phi) is 10.1. The second-order valence-corrected chi connectivity index (χ2v) is 11.4. The van der Waals surface area contributed by atoms with Gasteiger partial charge in [0.25, 0.3) is 10.0 Å². The molecule has 0 spiro atoms. The Morgan fingerprint density at radius 3 is 2.15 bits per heavy atom. The number of anilines is 1. The van der Waals surface area contributed by atoms with Crippen molar-refractivity contribution in [1.29, 1.82) is 0 Å². The van der Waals surface area contributed by atoms with Crippen LogP contribution < -0.4 is 9.62 Å². The van der Waals surface area contributed by atoms with Gasteiger partial charge in [-0.05, 0) is 68.3 Å². The molecule has 3 rings (SSSR count). The fourth-order valence-corrected chi connectivity index (χ4v) is 5.35. The fourth-order valence-electron chi connectivity index (χ4n) is 3.92. The van der Waals surface area contributed by atoms with Crippen molar-refractivity contribution in [2.24, 2.45) is 0 Å². The summed E-state index contributed by atoms with van der Waals surface area (Å²) in [5.41, 5.74) is -1.02. The third-order valence-corrected chi connectivity index (χ3v) is 8.29. The lowest BCUT2D eigenvalue weighted by Gasteiger charge is -2.32. The van der Waals surface area contributed by atoms with Crippen molar-refractivity contribution in [1.82, 2.24) is 10.2 Å². The Labute approximate surface area is 236 Å². The molecule has 0 radical (unpaired) electrons. The van der Waals surface area contributed by atoms with E-state index in [0.29, 0.717) is 22.4 Å². The van der Waals surface area contributed by atoms with E-state index in [-0.39, 0.29) is 23.2 Å². The van der Waals surface area contributed by atoms with E-state index in [9.17, 15) is 35.6 Å². The van der Waals surface area contributed by atoms with E-state index in [0.717, 1.165) is 23.1 Å². The van der Waals surface area contributed by atoms with Gasteiger partial charge in [-0.15, -0.1) is 0 Å². The number of sulfonamides is 1. The van der Waals surface area contributed by atoms with Crippen LogP contribution in [0.25, 0.3) is 0 Å². The van der Waals surface area contributed by atoms with Gasteiger partial charge in [0.15, 0.2) is 0 Å². The summed E-state index contributed by atoms with van der Waals surface area (Å²) in [6.45, 7) is 4.01. The number of rotatable bonds is 11. The number of hydrogen-bond acceptors (Lipinski definition) is 4. The molecule has 1 N–H and O–H groups in total. The van der Waals surface area contributed by atoms with Crippen molar-refractivity contribution in [3.8, 4) is 0 Å². The number of carbonyl (C=O) groups is 2. The second kappa shape index (κ2) is 13.2. The molecule has 0 saturated heterocycles. The molecule has 0 saturated carbocycles. The van der Waals surface area contributed by atoms with Gasteiger partial charge in [0.2, 0.25) is 11.8 Å². The zero-order valence-corrected chi connectivity index (χ0v) is 23.5. The summed E-state index contributed by atoms with van der Waals surface area (Å²) in [7, 11) is -4.52. The molecule has 12 heteroatoms. The van der Waals surface area contributed by atoms with Crippen LogP contribution in [0.5, 0.6) is 0 Å². The Balaban J connectivity index is 2.07. The summed E-state index contributed by atoms with van der Waals surface area (Å²) in [6, 6.07) is 14.5. The smallest absolute Gasteiger partial charge is 0.352 e. The van der Waals surface area contributed by atoms with Crippen LogP contribution in [0.2, 0.25) is 0 Å². The number of halogens is 4. The van der Waals surface area contributed by atoms with Crippen molar-refractivity contribution in [2.45, 2.75) is 56.9 Å². The van der Waals surface area contributed by atoms with Crippen LogP contribution in [0, 0.1) is 5.82 Å². The first-order valence-corrected chi connectivity index (χ1v) is 14.3. The summed E-state index contributed by atoms with van der Waals surface area (Å²) in [5.74, 6) is -1.87. The second-order valence-electron chi connectivity index (χ2n) is 9.51. The van der Waals surface area contributed by atoms with Gasteiger partial charge in [0.05, 0.1) is 16.1 Å². The summed E-state index contributed by atoms with van der Waals surface area (Å²) >= 11 is 0. The molecule has 0 aliphatic carbocycles. The largest absolute Gasteiger partial charge is 0.416 e. The minimum absolute atomic E-state index is 0.185. The molecule has 41 heavy (non-hydrogen) atoms. The lowest BCUT2D eigenvalue weighted by atomic mass is 10.1. The van der Waals surface area contributed by atoms with Gasteiger partial charge in [-0.1, -0.05) is 43.3 Å². The highest BCUT2D eigenvalue weighted by molar-refractivity contribution is 7.92. The van der Waals surface area contributed by atoms with E-state index >= 15 is 0 Å². The van der Waals surface area contributed by atoms with Crippen LogP contribution in [0.4, 0.5) is 23.2 Å². The van der Waals surface area contributed by atoms with E-state index in [4.69, 9.17) is 0 Å². The number of carbonyl (C=O) groups excluding carboxylic acids is 2. The molecule has 0 unspecified atom stereocenters. The van der Waals surface area contributed by atoms with Crippen LogP contribution in [-0.4, -0.2) is 43.8 Å². The van der Waals surface area contributed by atoms with Gasteiger partial charge in [0.1, 0.15) is 18.4 Å². The normalized spacial score (nSPS) is 13.2. The van der Waals surface area contributed by atoms with Crippen molar-refractivity contribution in [3.05, 3.63) is 95.8 Å². The van der Waals surface area contributed by atoms with Gasteiger partial charge in [-0.25, -0.2) is 12.8 Å². The molecule has 3 aromatic carbocycles. The van der Waals surface area contributed by atoms with E-state index in [2.05, 4.69) is 5.32 Å². The molecule has 0 heterocycles. The van der Waals surface area contributed by atoms with Crippen molar-refractivity contribution in [2.75, 3.05) is 10.8 Å². The summed E-state index contributed by atoms with van der Waals surface area (Å²) in [4.78, 5) is 27.7. The molecule has 3 aromatic rings. The molecule has 220 valence electrons. The number of nitrogens with zero attached hydrogens (tertiary/aromatic N) is 2. The maximum atomic E-state index is 13.8. The molecule has 0 aliphatic rings. The molecular formula is C29H31F4N3O4S. The first-order chi connectivity index (χ1) is 19.2.